The quantitative estimate of drug-likeness (QED) is 0.880. The Hall–Kier alpha value is -1.06. The lowest BCUT2D eigenvalue weighted by Gasteiger charge is -2.39. The van der Waals surface area contributed by atoms with Crippen molar-refractivity contribution in [3.8, 4) is 5.75 Å². The molecule has 2 rings (SSSR count). The van der Waals surface area contributed by atoms with Gasteiger partial charge in [-0.05, 0) is 51.3 Å². The Labute approximate surface area is 116 Å². The summed E-state index contributed by atoms with van der Waals surface area (Å²) in [6.07, 6.45) is 3.94. The van der Waals surface area contributed by atoms with E-state index in [9.17, 15) is 0 Å². The summed E-state index contributed by atoms with van der Waals surface area (Å²) in [6.45, 7) is 8.23. The van der Waals surface area contributed by atoms with E-state index in [1.807, 2.05) is 19.1 Å². The van der Waals surface area contributed by atoms with Gasteiger partial charge < -0.3 is 4.74 Å². The number of nitrogens with one attached hydrogen (secondary N) is 1. The van der Waals surface area contributed by atoms with Gasteiger partial charge in [-0.3, -0.25) is 5.43 Å². The highest BCUT2D eigenvalue weighted by atomic mass is 16.5. The van der Waals surface area contributed by atoms with Crippen molar-refractivity contribution in [2.24, 2.45) is 0 Å². The molecule has 1 aromatic rings. The first-order valence-electron chi connectivity index (χ1n) is 7.44. The van der Waals surface area contributed by atoms with E-state index in [0.29, 0.717) is 12.1 Å². The van der Waals surface area contributed by atoms with Crippen LogP contribution >= 0.6 is 0 Å². The molecule has 0 saturated carbocycles. The highest BCUT2D eigenvalue weighted by Gasteiger charge is 2.23. The fourth-order valence-corrected chi connectivity index (χ4v) is 2.79. The number of benzene rings is 1. The van der Waals surface area contributed by atoms with Crippen molar-refractivity contribution in [3.05, 3.63) is 29.8 Å². The van der Waals surface area contributed by atoms with Gasteiger partial charge in [0.2, 0.25) is 0 Å². The number of piperidine rings is 1. The maximum atomic E-state index is 5.46. The average molecular weight is 262 g/mol. The standard InChI is InChI=1S/C16H26N2O/c1-4-19-16-10-8-15(9-11-16)12-17-18-13(2)6-5-7-14(18)3/h8-11,13-14,17H,4-7,12H2,1-3H3. The molecule has 0 aliphatic carbocycles. The molecule has 1 aliphatic heterocycles. The largest absolute Gasteiger partial charge is 0.494 e. The van der Waals surface area contributed by atoms with Crippen molar-refractivity contribution in [1.29, 1.82) is 0 Å². The van der Waals surface area contributed by atoms with Crippen LogP contribution in [0.4, 0.5) is 0 Å². The Kier molecular flexibility index (Phi) is 5.23. The van der Waals surface area contributed by atoms with Crippen molar-refractivity contribution >= 4 is 0 Å². The summed E-state index contributed by atoms with van der Waals surface area (Å²) in [5.74, 6) is 0.950. The highest BCUT2D eigenvalue weighted by molar-refractivity contribution is 5.27. The molecule has 1 aromatic carbocycles. The number of rotatable bonds is 5. The van der Waals surface area contributed by atoms with Gasteiger partial charge in [0.15, 0.2) is 0 Å². The minimum Gasteiger partial charge on any atom is -0.494 e. The van der Waals surface area contributed by atoms with E-state index in [0.717, 1.165) is 18.9 Å². The molecule has 2 atom stereocenters. The van der Waals surface area contributed by atoms with E-state index in [1.54, 1.807) is 0 Å². The molecule has 1 heterocycles. The predicted molar refractivity (Wildman–Crippen MR) is 79.1 cm³/mol. The van der Waals surface area contributed by atoms with Crippen molar-refractivity contribution in [3.63, 3.8) is 0 Å². The molecular weight excluding hydrogens is 236 g/mol. The van der Waals surface area contributed by atoms with Crippen LogP contribution in [0, 0.1) is 0 Å². The fourth-order valence-electron chi connectivity index (χ4n) is 2.79. The molecule has 0 radical (unpaired) electrons. The minimum atomic E-state index is 0.631. The van der Waals surface area contributed by atoms with Crippen LogP contribution in [0.1, 0.15) is 45.6 Å². The Morgan fingerprint density at radius 1 is 1.16 bits per heavy atom. The van der Waals surface area contributed by atoms with Crippen LogP contribution in [-0.4, -0.2) is 23.7 Å². The lowest BCUT2D eigenvalue weighted by molar-refractivity contribution is 0.0435. The minimum absolute atomic E-state index is 0.631. The molecular formula is C16H26N2O. The zero-order chi connectivity index (χ0) is 13.7. The molecule has 1 saturated heterocycles. The normalized spacial score (nSPS) is 24.4. The van der Waals surface area contributed by atoms with Crippen LogP contribution < -0.4 is 10.2 Å². The van der Waals surface area contributed by atoms with Crippen molar-refractivity contribution < 1.29 is 4.74 Å². The van der Waals surface area contributed by atoms with Crippen LogP contribution in [0.5, 0.6) is 5.75 Å². The van der Waals surface area contributed by atoms with Gasteiger partial charge in [-0.2, -0.15) is 0 Å². The molecule has 1 fully saturated rings. The van der Waals surface area contributed by atoms with Gasteiger partial charge in [0.25, 0.3) is 0 Å². The topological polar surface area (TPSA) is 24.5 Å². The zero-order valence-corrected chi connectivity index (χ0v) is 12.4. The van der Waals surface area contributed by atoms with Gasteiger partial charge in [0.05, 0.1) is 6.61 Å². The van der Waals surface area contributed by atoms with Gasteiger partial charge in [-0.25, -0.2) is 5.01 Å². The van der Waals surface area contributed by atoms with Gasteiger partial charge >= 0.3 is 0 Å². The SMILES string of the molecule is CCOc1ccc(CNN2C(C)CCCC2C)cc1. The summed E-state index contributed by atoms with van der Waals surface area (Å²) in [5.41, 5.74) is 4.88. The third kappa shape index (κ3) is 3.95. The Morgan fingerprint density at radius 2 is 1.79 bits per heavy atom. The van der Waals surface area contributed by atoms with E-state index in [-0.39, 0.29) is 0 Å². The van der Waals surface area contributed by atoms with Gasteiger partial charge in [0, 0.05) is 18.6 Å². The summed E-state index contributed by atoms with van der Waals surface area (Å²) in [4.78, 5) is 0. The molecule has 3 heteroatoms. The van der Waals surface area contributed by atoms with Crippen LogP contribution in [0.15, 0.2) is 24.3 Å². The van der Waals surface area contributed by atoms with E-state index in [2.05, 4.69) is 36.4 Å². The van der Waals surface area contributed by atoms with E-state index >= 15 is 0 Å². The highest BCUT2D eigenvalue weighted by Crippen LogP contribution is 2.20. The van der Waals surface area contributed by atoms with Crippen LogP contribution in [0.3, 0.4) is 0 Å². The lowest BCUT2D eigenvalue weighted by atomic mass is 10.00. The second-order valence-corrected chi connectivity index (χ2v) is 5.45. The Balaban J connectivity index is 1.87. The number of hydrazine groups is 1. The smallest absolute Gasteiger partial charge is 0.119 e. The molecule has 19 heavy (non-hydrogen) atoms. The van der Waals surface area contributed by atoms with Crippen LogP contribution in [0.25, 0.3) is 0 Å². The first-order chi connectivity index (χ1) is 9.20. The lowest BCUT2D eigenvalue weighted by Crippen LogP contribution is -2.51. The maximum absolute atomic E-state index is 5.46. The summed E-state index contributed by atoms with van der Waals surface area (Å²) >= 11 is 0. The third-order valence-corrected chi connectivity index (χ3v) is 3.89. The number of hydrogen-bond donors (Lipinski definition) is 1. The molecule has 0 spiro atoms. The zero-order valence-electron chi connectivity index (χ0n) is 12.4. The molecule has 0 bridgehead atoms. The fraction of sp³-hybridized carbons (Fsp3) is 0.625. The Morgan fingerprint density at radius 3 is 2.37 bits per heavy atom. The molecule has 1 aliphatic rings. The first-order valence-corrected chi connectivity index (χ1v) is 7.44. The molecule has 106 valence electrons. The molecule has 3 nitrogen and oxygen atoms in total. The van der Waals surface area contributed by atoms with Gasteiger partial charge in [-0.1, -0.05) is 18.6 Å². The second-order valence-electron chi connectivity index (χ2n) is 5.45. The monoisotopic (exact) mass is 262 g/mol. The number of ether oxygens (including phenoxy) is 1. The molecule has 2 unspecified atom stereocenters. The summed E-state index contributed by atoms with van der Waals surface area (Å²) in [5, 5.41) is 2.42. The molecule has 0 aromatic heterocycles. The van der Waals surface area contributed by atoms with E-state index in [1.165, 1.54) is 24.8 Å². The number of nitrogens with zero attached hydrogens (tertiary/aromatic N) is 1. The summed E-state index contributed by atoms with van der Waals surface area (Å²) in [7, 11) is 0. The van der Waals surface area contributed by atoms with Gasteiger partial charge in [0.1, 0.15) is 5.75 Å². The van der Waals surface area contributed by atoms with Gasteiger partial charge in [-0.15, -0.1) is 0 Å². The van der Waals surface area contributed by atoms with E-state index < -0.39 is 0 Å². The van der Waals surface area contributed by atoms with Crippen LogP contribution in [-0.2, 0) is 6.54 Å². The predicted octanol–water partition coefficient (Wildman–Crippen LogP) is 3.35. The number of hydrogen-bond acceptors (Lipinski definition) is 3. The average Bonchev–Trinajstić information content (AvgIpc) is 2.40. The third-order valence-electron chi connectivity index (χ3n) is 3.89. The first kappa shape index (κ1) is 14.4. The second kappa shape index (κ2) is 6.92. The van der Waals surface area contributed by atoms with E-state index in [4.69, 9.17) is 4.74 Å². The molecule has 0 amide bonds. The Bertz CT molecular complexity index is 367. The summed E-state index contributed by atoms with van der Waals surface area (Å²) < 4.78 is 5.46. The molecule has 1 N–H and O–H groups in total. The summed E-state index contributed by atoms with van der Waals surface area (Å²) in [6, 6.07) is 9.62. The van der Waals surface area contributed by atoms with Crippen molar-refractivity contribution in [2.45, 2.75) is 58.7 Å². The maximum Gasteiger partial charge on any atom is 0.119 e. The van der Waals surface area contributed by atoms with Crippen molar-refractivity contribution in [1.82, 2.24) is 10.4 Å². The van der Waals surface area contributed by atoms with Crippen LogP contribution in [0.2, 0.25) is 0 Å². The van der Waals surface area contributed by atoms with Crippen molar-refractivity contribution in [2.75, 3.05) is 6.61 Å².